The van der Waals surface area contributed by atoms with Crippen molar-refractivity contribution in [3.63, 3.8) is 0 Å². The maximum atomic E-state index is 12.5. The number of hydrogen-bond donors (Lipinski definition) is 0. The lowest BCUT2D eigenvalue weighted by Gasteiger charge is -2.13. The molecule has 0 spiro atoms. The number of carbonyl (C=O) groups is 1. The molecule has 1 aromatic heterocycles. The molecule has 0 aliphatic rings. The summed E-state index contributed by atoms with van der Waals surface area (Å²) in [6.45, 7) is 2.33. The number of rotatable bonds is 6. The van der Waals surface area contributed by atoms with Gasteiger partial charge in [-0.05, 0) is 29.7 Å². The number of benzene rings is 3. The zero-order valence-electron chi connectivity index (χ0n) is 16.2. The van der Waals surface area contributed by atoms with Crippen molar-refractivity contribution >= 4 is 28.0 Å². The van der Waals surface area contributed by atoms with Crippen LogP contribution in [0.3, 0.4) is 0 Å². The van der Waals surface area contributed by atoms with Crippen LogP contribution < -0.4 is 15.1 Å². The number of ether oxygens (including phenoxy) is 2. The van der Waals surface area contributed by atoms with Crippen molar-refractivity contribution in [1.82, 2.24) is 0 Å². The Bertz CT molecular complexity index is 1250. The van der Waals surface area contributed by atoms with Crippen molar-refractivity contribution in [3.05, 3.63) is 81.7 Å². The normalized spacial score (nSPS) is 11.0. The van der Waals surface area contributed by atoms with Gasteiger partial charge in [-0.3, -0.25) is 4.79 Å². The molecule has 0 fully saturated rings. The number of fused-ring (bicyclic) bond motifs is 3. The maximum Gasteiger partial charge on any atom is 0.344 e. The fourth-order valence-corrected chi connectivity index (χ4v) is 3.33. The number of aldehydes is 1. The molecular formula is C24H20O5. The highest BCUT2D eigenvalue weighted by Gasteiger charge is 2.14. The monoisotopic (exact) mass is 388 g/mol. The first kappa shape index (κ1) is 18.7. The zero-order valence-corrected chi connectivity index (χ0v) is 16.2. The van der Waals surface area contributed by atoms with Crippen LogP contribution in [0.4, 0.5) is 0 Å². The van der Waals surface area contributed by atoms with Gasteiger partial charge >= 0.3 is 5.63 Å². The molecule has 5 heteroatoms. The minimum absolute atomic E-state index is 0.290. The average Bonchev–Trinajstić information content (AvgIpc) is 2.77. The molecule has 0 saturated heterocycles. The summed E-state index contributed by atoms with van der Waals surface area (Å²) in [6, 6.07) is 16.5. The highest BCUT2D eigenvalue weighted by molar-refractivity contribution is 6.05. The van der Waals surface area contributed by atoms with Crippen LogP contribution in [0.15, 0.2) is 63.8 Å². The van der Waals surface area contributed by atoms with E-state index in [9.17, 15) is 9.59 Å². The van der Waals surface area contributed by atoms with Crippen molar-refractivity contribution in [2.24, 2.45) is 0 Å². The molecule has 4 aromatic rings. The van der Waals surface area contributed by atoms with Gasteiger partial charge in [0.25, 0.3) is 0 Å². The Morgan fingerprint density at radius 2 is 1.66 bits per heavy atom. The van der Waals surface area contributed by atoms with Crippen molar-refractivity contribution < 1.29 is 18.7 Å². The molecule has 146 valence electrons. The first-order valence-electron chi connectivity index (χ1n) is 9.37. The fourth-order valence-electron chi connectivity index (χ4n) is 3.33. The summed E-state index contributed by atoms with van der Waals surface area (Å²) in [6.07, 6.45) is 1.64. The molecule has 4 rings (SSSR count). The van der Waals surface area contributed by atoms with Gasteiger partial charge in [0.1, 0.15) is 18.5 Å². The molecule has 0 amide bonds. The van der Waals surface area contributed by atoms with Gasteiger partial charge in [-0.15, -0.1) is 0 Å². The van der Waals surface area contributed by atoms with Crippen LogP contribution in [0.1, 0.15) is 28.4 Å². The van der Waals surface area contributed by atoms with Crippen LogP contribution in [0.2, 0.25) is 0 Å². The number of carbonyl (C=O) groups excluding carboxylic acids is 1. The lowest BCUT2D eigenvalue weighted by Crippen LogP contribution is -2.02. The fraction of sp³-hybridized carbons (Fsp3) is 0.167. The summed E-state index contributed by atoms with van der Waals surface area (Å²) < 4.78 is 17.0. The molecular weight excluding hydrogens is 368 g/mol. The van der Waals surface area contributed by atoms with Crippen molar-refractivity contribution in [1.29, 1.82) is 0 Å². The van der Waals surface area contributed by atoms with E-state index < -0.39 is 0 Å². The number of aryl methyl sites for hydroxylation is 1. The van der Waals surface area contributed by atoms with Gasteiger partial charge in [0.2, 0.25) is 0 Å². The van der Waals surface area contributed by atoms with Crippen LogP contribution in [0, 0.1) is 0 Å². The first-order chi connectivity index (χ1) is 14.1. The molecule has 0 atom stereocenters. The van der Waals surface area contributed by atoms with Crippen LogP contribution in [-0.2, 0) is 13.0 Å². The maximum absolute atomic E-state index is 12.5. The lowest BCUT2D eigenvalue weighted by molar-refractivity contribution is 0.112. The second kappa shape index (κ2) is 7.80. The Morgan fingerprint density at radius 1 is 0.897 bits per heavy atom. The van der Waals surface area contributed by atoms with Crippen LogP contribution in [-0.4, -0.2) is 13.4 Å². The van der Waals surface area contributed by atoms with E-state index >= 15 is 0 Å². The molecule has 0 unspecified atom stereocenters. The van der Waals surface area contributed by atoms with Crippen molar-refractivity contribution in [3.8, 4) is 11.5 Å². The van der Waals surface area contributed by atoms with E-state index in [0.717, 1.165) is 34.6 Å². The summed E-state index contributed by atoms with van der Waals surface area (Å²) in [5, 5.41) is 2.17. The average molecular weight is 388 g/mol. The van der Waals surface area contributed by atoms with Gasteiger partial charge in [-0.1, -0.05) is 43.3 Å². The van der Waals surface area contributed by atoms with E-state index in [1.807, 2.05) is 43.3 Å². The smallest absolute Gasteiger partial charge is 0.344 e. The standard InChI is InChI=1S/C24H20O5/c1-3-15-8-9-18-19-11-22(27-2)23(12-21(19)29-24(26)20(18)10-15)28-14-17-6-4-16(13-25)5-7-17/h4-13H,3,14H2,1-2H3. The molecule has 1 heterocycles. The molecule has 0 aliphatic heterocycles. The molecule has 0 aliphatic carbocycles. The van der Waals surface area contributed by atoms with Crippen LogP contribution in [0.5, 0.6) is 11.5 Å². The van der Waals surface area contributed by atoms with Gasteiger partial charge in [0.15, 0.2) is 11.5 Å². The number of hydrogen-bond acceptors (Lipinski definition) is 5. The van der Waals surface area contributed by atoms with E-state index in [0.29, 0.717) is 34.6 Å². The minimum atomic E-state index is -0.372. The van der Waals surface area contributed by atoms with Crippen LogP contribution >= 0.6 is 0 Å². The third-order valence-corrected chi connectivity index (χ3v) is 4.98. The summed E-state index contributed by atoms with van der Waals surface area (Å²) in [4.78, 5) is 23.3. The molecule has 29 heavy (non-hydrogen) atoms. The largest absolute Gasteiger partial charge is 0.493 e. The van der Waals surface area contributed by atoms with Gasteiger partial charge in [0.05, 0.1) is 12.5 Å². The highest BCUT2D eigenvalue weighted by atomic mass is 16.5. The van der Waals surface area contributed by atoms with Crippen molar-refractivity contribution in [2.75, 3.05) is 7.11 Å². The quantitative estimate of drug-likeness (QED) is 0.267. The Morgan fingerprint density at radius 3 is 2.34 bits per heavy atom. The van der Waals surface area contributed by atoms with Gasteiger partial charge in [-0.2, -0.15) is 0 Å². The number of methoxy groups -OCH3 is 1. The molecule has 0 N–H and O–H groups in total. The Kier molecular flexibility index (Phi) is 5.04. The zero-order chi connectivity index (χ0) is 20.4. The molecule has 0 bridgehead atoms. The molecule has 0 saturated carbocycles. The summed E-state index contributed by atoms with van der Waals surface area (Å²) in [5.41, 5.74) is 2.67. The SMILES string of the molecule is CCc1ccc2c(c1)c(=O)oc1cc(OCc3ccc(C=O)cc3)c(OC)cc12. The summed E-state index contributed by atoms with van der Waals surface area (Å²) >= 11 is 0. The molecule has 5 nitrogen and oxygen atoms in total. The first-order valence-corrected chi connectivity index (χ1v) is 9.37. The van der Waals surface area contributed by atoms with E-state index in [1.54, 1.807) is 25.3 Å². The Balaban J connectivity index is 1.75. The second-order valence-electron chi connectivity index (χ2n) is 6.77. The second-order valence-corrected chi connectivity index (χ2v) is 6.77. The van der Waals surface area contributed by atoms with Gasteiger partial charge in [0, 0.05) is 22.4 Å². The third-order valence-electron chi connectivity index (χ3n) is 4.98. The Hall–Kier alpha value is -3.60. The van der Waals surface area contributed by atoms with Gasteiger partial charge in [-0.25, -0.2) is 4.79 Å². The van der Waals surface area contributed by atoms with Gasteiger partial charge < -0.3 is 13.9 Å². The Labute approximate surface area is 167 Å². The lowest BCUT2D eigenvalue weighted by atomic mass is 10.0. The van der Waals surface area contributed by atoms with Crippen molar-refractivity contribution in [2.45, 2.75) is 20.0 Å². The summed E-state index contributed by atoms with van der Waals surface area (Å²) in [7, 11) is 1.57. The highest BCUT2D eigenvalue weighted by Crippen LogP contribution is 2.35. The summed E-state index contributed by atoms with van der Waals surface area (Å²) in [5.74, 6) is 1.03. The molecule has 3 aromatic carbocycles. The predicted octanol–water partition coefficient (Wildman–Crippen LogP) is 4.91. The third kappa shape index (κ3) is 3.59. The topological polar surface area (TPSA) is 65.7 Å². The van der Waals surface area contributed by atoms with E-state index in [2.05, 4.69) is 0 Å². The van der Waals surface area contributed by atoms with E-state index in [4.69, 9.17) is 13.9 Å². The van der Waals surface area contributed by atoms with E-state index in [-0.39, 0.29) is 5.63 Å². The van der Waals surface area contributed by atoms with Crippen LogP contribution in [0.25, 0.3) is 21.7 Å². The van der Waals surface area contributed by atoms with E-state index in [1.165, 1.54) is 0 Å². The molecule has 0 radical (unpaired) electrons. The predicted molar refractivity (Wildman–Crippen MR) is 112 cm³/mol. The minimum Gasteiger partial charge on any atom is -0.493 e.